The van der Waals surface area contributed by atoms with Gasteiger partial charge in [0.15, 0.2) is 0 Å². The second-order valence-electron chi connectivity index (χ2n) is 13.0. The number of ether oxygens (including phenoxy) is 3. The number of hydrogen-bond donors (Lipinski definition) is 3. The Kier molecular flexibility index (Phi) is 15.4. The highest BCUT2D eigenvalue weighted by Gasteiger charge is 2.31. The average molecular weight is 670 g/mol. The monoisotopic (exact) mass is 669 g/mol. The minimum atomic E-state index is -0.515. The Hall–Kier alpha value is -3.87. The highest BCUT2D eigenvalue weighted by atomic mass is 16.5. The van der Waals surface area contributed by atoms with E-state index in [2.05, 4.69) is 10.6 Å². The van der Waals surface area contributed by atoms with Crippen LogP contribution in [0.2, 0.25) is 0 Å². The Balaban J connectivity index is 1.85. The van der Waals surface area contributed by atoms with Crippen molar-refractivity contribution >= 4 is 29.2 Å². The second-order valence-corrected chi connectivity index (χ2v) is 13.0. The molecule has 4 amide bonds. The number of nitrogens with one attached hydrogen (secondary N) is 2. The Morgan fingerprint density at radius 1 is 1.06 bits per heavy atom. The van der Waals surface area contributed by atoms with Crippen molar-refractivity contribution in [1.82, 2.24) is 14.7 Å². The van der Waals surface area contributed by atoms with Crippen molar-refractivity contribution in [2.75, 3.05) is 71.7 Å². The smallest absolute Gasteiger partial charge is 0.321 e. The van der Waals surface area contributed by atoms with E-state index in [0.717, 1.165) is 25.8 Å². The van der Waals surface area contributed by atoms with E-state index < -0.39 is 6.04 Å². The molecule has 0 fully saturated rings. The number of carbonyl (C=O) groups excluding carboxylic acids is 3. The predicted molar refractivity (Wildman–Crippen MR) is 188 cm³/mol. The number of fused-ring (bicyclic) bond motifs is 1. The normalized spacial score (nSPS) is 19.8. The number of hydrogen-bond acceptors (Lipinski definition) is 8. The highest BCUT2D eigenvalue weighted by Crippen LogP contribution is 2.29. The summed E-state index contributed by atoms with van der Waals surface area (Å²) in [6, 6.07) is 11.4. The number of likely N-dealkylation sites (N-methyl/N-ethyl adjacent to an activating group) is 1. The lowest BCUT2D eigenvalue weighted by Crippen LogP contribution is -2.48. The number of nitrogens with zero attached hydrogens (tertiary/aromatic N) is 3. The van der Waals surface area contributed by atoms with Crippen LogP contribution in [0.1, 0.15) is 63.2 Å². The summed E-state index contributed by atoms with van der Waals surface area (Å²) in [4.78, 5) is 45.4. The molecule has 0 saturated carbocycles. The van der Waals surface area contributed by atoms with E-state index in [9.17, 15) is 19.5 Å². The number of carbonyl (C=O) groups is 3. The Morgan fingerprint density at radius 3 is 2.44 bits per heavy atom. The summed E-state index contributed by atoms with van der Waals surface area (Å²) in [5.41, 5.74) is 1.45. The molecule has 0 unspecified atom stereocenters. The zero-order chi connectivity index (χ0) is 35.2. The van der Waals surface area contributed by atoms with Crippen LogP contribution in [0.3, 0.4) is 0 Å². The largest absolute Gasteiger partial charge is 0.497 e. The van der Waals surface area contributed by atoms with Crippen molar-refractivity contribution in [3.8, 4) is 11.5 Å². The molecule has 3 rings (SSSR count). The van der Waals surface area contributed by atoms with Gasteiger partial charge in [-0.05, 0) is 103 Å². The first-order valence-corrected chi connectivity index (χ1v) is 16.9. The first-order valence-electron chi connectivity index (χ1n) is 16.9. The van der Waals surface area contributed by atoms with E-state index in [0.29, 0.717) is 54.4 Å². The molecule has 1 aliphatic heterocycles. The van der Waals surface area contributed by atoms with Gasteiger partial charge in [0.25, 0.3) is 5.91 Å². The van der Waals surface area contributed by atoms with Crippen molar-refractivity contribution in [3.05, 3.63) is 48.0 Å². The number of benzene rings is 2. The van der Waals surface area contributed by atoms with Crippen LogP contribution in [0.25, 0.3) is 0 Å². The fraction of sp³-hybridized carbons (Fsp3) is 0.583. The fourth-order valence-electron chi connectivity index (χ4n) is 5.49. The van der Waals surface area contributed by atoms with Crippen LogP contribution in [0.4, 0.5) is 16.2 Å². The maximum atomic E-state index is 14.3. The zero-order valence-electron chi connectivity index (χ0n) is 29.7. The van der Waals surface area contributed by atoms with Crippen LogP contribution in [0, 0.1) is 5.92 Å². The molecule has 0 aliphatic carbocycles. The van der Waals surface area contributed by atoms with Gasteiger partial charge in [0.2, 0.25) is 5.91 Å². The lowest BCUT2D eigenvalue weighted by Gasteiger charge is -2.35. The van der Waals surface area contributed by atoms with Gasteiger partial charge in [-0.3, -0.25) is 9.59 Å². The molecule has 4 atom stereocenters. The third-order valence-electron chi connectivity index (χ3n) is 8.49. The molecule has 1 aliphatic rings. The van der Waals surface area contributed by atoms with Crippen molar-refractivity contribution in [2.45, 2.75) is 71.1 Å². The van der Waals surface area contributed by atoms with Crippen molar-refractivity contribution in [3.63, 3.8) is 0 Å². The maximum absolute atomic E-state index is 14.3. The van der Waals surface area contributed by atoms with Gasteiger partial charge in [-0.15, -0.1) is 0 Å². The van der Waals surface area contributed by atoms with Crippen LogP contribution in [0.5, 0.6) is 11.5 Å². The molecule has 1 heterocycles. The fourth-order valence-corrected chi connectivity index (χ4v) is 5.49. The molecule has 0 aromatic heterocycles. The quantitative estimate of drug-likeness (QED) is 0.307. The number of aliphatic hydroxyl groups is 1. The minimum absolute atomic E-state index is 0.131. The summed E-state index contributed by atoms with van der Waals surface area (Å²) >= 11 is 0. The zero-order valence-corrected chi connectivity index (χ0v) is 29.7. The van der Waals surface area contributed by atoms with Gasteiger partial charge in [-0.2, -0.15) is 0 Å². The summed E-state index contributed by atoms with van der Waals surface area (Å²) in [7, 11) is 7.23. The van der Waals surface area contributed by atoms with Crippen molar-refractivity contribution in [1.29, 1.82) is 0 Å². The summed E-state index contributed by atoms with van der Waals surface area (Å²) in [6.45, 7) is 7.33. The molecule has 0 spiro atoms. The lowest BCUT2D eigenvalue weighted by molar-refractivity contribution is -0.116. The molecule has 0 bridgehead atoms. The summed E-state index contributed by atoms with van der Waals surface area (Å²) < 4.78 is 17.9. The van der Waals surface area contributed by atoms with Gasteiger partial charge < -0.3 is 44.7 Å². The van der Waals surface area contributed by atoms with Gasteiger partial charge in [0.1, 0.15) is 11.5 Å². The lowest BCUT2D eigenvalue weighted by atomic mass is 10.0. The summed E-state index contributed by atoms with van der Waals surface area (Å²) in [5, 5.41) is 16.1. The summed E-state index contributed by atoms with van der Waals surface area (Å²) in [5.74, 6) is 0.467. The van der Waals surface area contributed by atoms with Gasteiger partial charge >= 0.3 is 6.03 Å². The van der Waals surface area contributed by atoms with Gasteiger partial charge in [-0.25, -0.2) is 4.79 Å². The third-order valence-corrected chi connectivity index (χ3v) is 8.49. The summed E-state index contributed by atoms with van der Waals surface area (Å²) in [6.07, 6.45) is 2.93. The van der Waals surface area contributed by atoms with E-state index in [1.807, 2.05) is 32.8 Å². The van der Waals surface area contributed by atoms with Gasteiger partial charge in [-0.1, -0.05) is 6.92 Å². The van der Waals surface area contributed by atoms with Crippen LogP contribution in [-0.2, 0) is 9.53 Å². The number of anilines is 2. The van der Waals surface area contributed by atoms with Crippen molar-refractivity contribution < 1.29 is 33.7 Å². The SMILES string of the molecule is COc1ccc(NC(=O)N(C)C[C@H]2OCCCC[C@@H](C)Oc3ccc(NC(=O)CCCN(C)C)cc3C(=O)N([C@@H](C)CO)C[C@@H]2C)cc1. The first-order chi connectivity index (χ1) is 22.9. The molecular formula is C36H55N5O7. The van der Waals surface area contributed by atoms with Crippen LogP contribution in [-0.4, -0.2) is 117 Å². The maximum Gasteiger partial charge on any atom is 0.321 e. The number of rotatable bonds is 11. The molecule has 12 nitrogen and oxygen atoms in total. The predicted octanol–water partition coefficient (Wildman–Crippen LogP) is 4.93. The standard InChI is InChI=1S/C36H55N5O7/c1-25-22-41(26(2)24-42)35(44)31-21-29(37-34(43)12-10-19-39(4)5)15-18-32(31)48-27(3)11-8-9-20-47-33(25)23-40(6)36(45)38-28-13-16-30(46-7)17-14-28/h13-18,21,25-27,33,42H,8-12,19-20,22-24H2,1-7H3,(H,37,43)(H,38,45)/t25-,26-,27+,33+/m0/s1. The van der Waals surface area contributed by atoms with Crippen LogP contribution >= 0.6 is 0 Å². The minimum Gasteiger partial charge on any atom is -0.497 e. The van der Waals surface area contributed by atoms with Gasteiger partial charge in [0.05, 0.1) is 37.5 Å². The van der Waals surface area contributed by atoms with E-state index in [1.165, 1.54) is 0 Å². The van der Waals surface area contributed by atoms with Crippen LogP contribution in [0.15, 0.2) is 42.5 Å². The number of amides is 4. The average Bonchev–Trinajstić information content (AvgIpc) is 3.06. The molecule has 12 heteroatoms. The highest BCUT2D eigenvalue weighted by molar-refractivity contribution is 5.99. The Bertz CT molecular complexity index is 1320. The molecule has 2 aromatic carbocycles. The molecule has 48 heavy (non-hydrogen) atoms. The molecule has 2 aromatic rings. The Labute approximate surface area is 285 Å². The van der Waals surface area contributed by atoms with E-state index in [4.69, 9.17) is 14.2 Å². The van der Waals surface area contributed by atoms with Crippen molar-refractivity contribution in [2.24, 2.45) is 5.92 Å². The van der Waals surface area contributed by atoms with Crippen LogP contribution < -0.4 is 20.1 Å². The number of methoxy groups -OCH3 is 1. The molecule has 3 N–H and O–H groups in total. The molecule has 0 saturated heterocycles. The number of aliphatic hydroxyl groups excluding tert-OH is 1. The third kappa shape index (κ3) is 12.0. The molecular weight excluding hydrogens is 614 g/mol. The first kappa shape index (κ1) is 38.6. The molecule has 0 radical (unpaired) electrons. The van der Waals surface area contributed by atoms with E-state index in [-0.39, 0.29) is 49.1 Å². The topological polar surface area (TPSA) is 133 Å². The number of urea groups is 1. The van der Waals surface area contributed by atoms with E-state index in [1.54, 1.807) is 73.3 Å². The molecule has 266 valence electrons. The van der Waals surface area contributed by atoms with E-state index >= 15 is 0 Å². The Morgan fingerprint density at radius 2 is 1.77 bits per heavy atom. The second kappa shape index (κ2) is 19.2. The van der Waals surface area contributed by atoms with Gasteiger partial charge in [0, 0.05) is 50.5 Å².